The van der Waals surface area contributed by atoms with Crippen molar-refractivity contribution in [3.05, 3.63) is 16.8 Å². The van der Waals surface area contributed by atoms with Gasteiger partial charge in [-0.3, -0.25) is 0 Å². The molecular weight excluding hydrogens is 188 g/mol. The lowest BCUT2D eigenvalue weighted by molar-refractivity contribution is 0.298. The first-order valence-electron chi connectivity index (χ1n) is 4.19. The third-order valence-corrected chi connectivity index (χ3v) is 2.56. The van der Waals surface area contributed by atoms with Crippen LogP contribution in [0.2, 0.25) is 5.02 Å². The lowest BCUT2D eigenvalue weighted by atomic mass is 10.3. The van der Waals surface area contributed by atoms with Crippen molar-refractivity contribution in [2.75, 3.05) is 25.1 Å². The van der Waals surface area contributed by atoms with Crippen LogP contribution < -0.4 is 9.64 Å². The fourth-order valence-electron chi connectivity index (χ4n) is 1.33. The molecule has 0 N–H and O–H groups in total. The van der Waals surface area contributed by atoms with Crippen molar-refractivity contribution in [3.8, 4) is 5.88 Å². The molecule has 0 spiro atoms. The summed E-state index contributed by atoms with van der Waals surface area (Å²) in [7, 11) is 2.01. The van der Waals surface area contributed by atoms with Gasteiger partial charge in [-0.25, -0.2) is 4.98 Å². The number of nitrogens with zero attached hydrogens (tertiary/aromatic N) is 2. The van der Waals surface area contributed by atoms with Crippen molar-refractivity contribution in [3.63, 3.8) is 0 Å². The number of aromatic nitrogens is 1. The Kier molecular flexibility index (Phi) is 2.04. The molecule has 1 aromatic rings. The van der Waals surface area contributed by atoms with Crippen LogP contribution in [0.3, 0.4) is 0 Å². The zero-order chi connectivity index (χ0) is 9.42. The molecule has 1 aliphatic heterocycles. The van der Waals surface area contributed by atoms with Gasteiger partial charge in [-0.05, 0) is 13.0 Å². The maximum Gasteiger partial charge on any atom is 0.237 e. The summed E-state index contributed by atoms with van der Waals surface area (Å²) in [5, 5.41) is 0.691. The predicted octanol–water partition coefficient (Wildman–Crippen LogP) is 1.87. The highest BCUT2D eigenvalue weighted by atomic mass is 35.5. The fraction of sp³-hybridized carbons (Fsp3) is 0.444. The van der Waals surface area contributed by atoms with Crippen LogP contribution in [0, 0.1) is 6.92 Å². The number of hydrogen-bond acceptors (Lipinski definition) is 3. The predicted molar refractivity (Wildman–Crippen MR) is 52.7 cm³/mol. The van der Waals surface area contributed by atoms with Crippen LogP contribution >= 0.6 is 11.6 Å². The zero-order valence-corrected chi connectivity index (χ0v) is 8.43. The Morgan fingerprint density at radius 3 is 3.15 bits per heavy atom. The van der Waals surface area contributed by atoms with Gasteiger partial charge >= 0.3 is 0 Å². The average molecular weight is 199 g/mol. The van der Waals surface area contributed by atoms with Gasteiger partial charge in [-0.1, -0.05) is 11.6 Å². The van der Waals surface area contributed by atoms with E-state index in [0.717, 1.165) is 17.9 Å². The van der Waals surface area contributed by atoms with Gasteiger partial charge in [-0.2, -0.15) is 0 Å². The minimum absolute atomic E-state index is 0.690. The molecule has 1 aromatic heterocycles. The number of fused-ring (bicyclic) bond motifs is 1. The van der Waals surface area contributed by atoms with Gasteiger partial charge in [0, 0.05) is 7.05 Å². The van der Waals surface area contributed by atoms with Gasteiger partial charge in [0.05, 0.1) is 17.3 Å². The van der Waals surface area contributed by atoms with Crippen LogP contribution in [0.5, 0.6) is 5.88 Å². The minimum atomic E-state index is 0.690. The maximum absolute atomic E-state index is 5.97. The van der Waals surface area contributed by atoms with Crippen molar-refractivity contribution in [1.29, 1.82) is 0 Å². The van der Waals surface area contributed by atoms with E-state index in [0.29, 0.717) is 17.5 Å². The Bertz CT molecular complexity index is 341. The summed E-state index contributed by atoms with van der Waals surface area (Å²) in [6.07, 6.45) is 0. The normalized spacial score (nSPS) is 15.2. The molecule has 13 heavy (non-hydrogen) atoms. The number of pyridine rings is 1. The molecule has 1 aliphatic rings. The molecule has 0 aliphatic carbocycles. The Morgan fingerprint density at radius 1 is 1.62 bits per heavy atom. The molecule has 0 saturated carbocycles. The van der Waals surface area contributed by atoms with Crippen molar-refractivity contribution >= 4 is 17.3 Å². The summed E-state index contributed by atoms with van der Waals surface area (Å²) >= 11 is 5.97. The average Bonchev–Trinajstić information content (AvgIpc) is 2.09. The van der Waals surface area contributed by atoms with Crippen LogP contribution in [-0.4, -0.2) is 25.2 Å². The summed E-state index contributed by atoms with van der Waals surface area (Å²) in [4.78, 5) is 6.36. The topological polar surface area (TPSA) is 25.4 Å². The molecule has 0 amide bonds. The number of aryl methyl sites for hydroxylation is 1. The fourth-order valence-corrected chi connectivity index (χ4v) is 1.47. The summed E-state index contributed by atoms with van der Waals surface area (Å²) < 4.78 is 5.42. The number of ether oxygens (including phenoxy) is 1. The van der Waals surface area contributed by atoms with Crippen LogP contribution in [0.25, 0.3) is 0 Å². The number of hydrogen-bond donors (Lipinski definition) is 0. The lowest BCUT2D eigenvalue weighted by Crippen LogP contribution is -2.29. The second-order valence-corrected chi connectivity index (χ2v) is 3.56. The van der Waals surface area contributed by atoms with E-state index >= 15 is 0 Å². The smallest absolute Gasteiger partial charge is 0.237 e. The quantitative estimate of drug-likeness (QED) is 0.637. The highest BCUT2D eigenvalue weighted by molar-refractivity contribution is 6.31. The molecule has 0 atom stereocenters. The number of halogens is 1. The molecule has 70 valence electrons. The van der Waals surface area contributed by atoms with E-state index in [2.05, 4.69) is 9.88 Å². The monoisotopic (exact) mass is 198 g/mol. The Balaban J connectivity index is 2.52. The third-order valence-electron chi connectivity index (χ3n) is 2.17. The third kappa shape index (κ3) is 1.44. The number of likely N-dealkylation sites (N-methyl/N-ethyl adjacent to an activating group) is 1. The van der Waals surface area contributed by atoms with Crippen molar-refractivity contribution < 1.29 is 4.74 Å². The van der Waals surface area contributed by atoms with Gasteiger partial charge in [-0.15, -0.1) is 0 Å². The zero-order valence-electron chi connectivity index (χ0n) is 7.67. The highest BCUT2D eigenvalue weighted by Crippen LogP contribution is 2.32. The van der Waals surface area contributed by atoms with Crippen molar-refractivity contribution in [2.45, 2.75) is 6.92 Å². The van der Waals surface area contributed by atoms with Gasteiger partial charge in [0.15, 0.2) is 0 Å². The van der Waals surface area contributed by atoms with Crippen LogP contribution in [0.1, 0.15) is 5.69 Å². The maximum atomic E-state index is 5.97. The molecule has 0 bridgehead atoms. The first kappa shape index (κ1) is 8.63. The SMILES string of the molecule is Cc1nc2c(cc1Cl)N(C)CCO2. The van der Waals surface area contributed by atoms with E-state index in [1.807, 2.05) is 20.0 Å². The van der Waals surface area contributed by atoms with Gasteiger partial charge in [0.2, 0.25) is 5.88 Å². The molecule has 3 nitrogen and oxygen atoms in total. The molecule has 0 aromatic carbocycles. The lowest BCUT2D eigenvalue weighted by Gasteiger charge is -2.27. The first-order chi connectivity index (χ1) is 6.18. The van der Waals surface area contributed by atoms with Crippen LogP contribution in [0.4, 0.5) is 5.69 Å². The minimum Gasteiger partial charge on any atom is -0.474 e. The van der Waals surface area contributed by atoms with E-state index in [1.165, 1.54) is 0 Å². The standard InChI is InChI=1S/C9H11ClN2O/c1-6-7(10)5-8-9(11-6)13-4-3-12(8)2/h5H,3-4H2,1-2H3. The number of rotatable bonds is 0. The number of anilines is 1. The van der Waals surface area contributed by atoms with Crippen molar-refractivity contribution in [2.24, 2.45) is 0 Å². The summed E-state index contributed by atoms with van der Waals surface area (Å²) in [5.74, 6) is 0.690. The molecule has 0 unspecified atom stereocenters. The highest BCUT2D eigenvalue weighted by Gasteiger charge is 2.17. The Labute approximate surface area is 82.3 Å². The van der Waals surface area contributed by atoms with E-state index < -0.39 is 0 Å². The summed E-state index contributed by atoms with van der Waals surface area (Å²) in [6.45, 7) is 3.45. The molecular formula is C9H11ClN2O. The largest absolute Gasteiger partial charge is 0.474 e. The second kappa shape index (κ2) is 3.07. The first-order valence-corrected chi connectivity index (χ1v) is 4.57. The van der Waals surface area contributed by atoms with E-state index in [1.54, 1.807) is 0 Å². The molecule has 0 radical (unpaired) electrons. The van der Waals surface area contributed by atoms with Gasteiger partial charge in [0.25, 0.3) is 0 Å². The molecule has 2 heterocycles. The second-order valence-electron chi connectivity index (χ2n) is 3.15. The molecule has 0 fully saturated rings. The Morgan fingerprint density at radius 2 is 2.38 bits per heavy atom. The molecule has 0 saturated heterocycles. The van der Waals surface area contributed by atoms with Crippen LogP contribution in [-0.2, 0) is 0 Å². The van der Waals surface area contributed by atoms with E-state index in [9.17, 15) is 0 Å². The van der Waals surface area contributed by atoms with Gasteiger partial charge in [0.1, 0.15) is 12.3 Å². The van der Waals surface area contributed by atoms with Crippen LogP contribution in [0.15, 0.2) is 6.07 Å². The van der Waals surface area contributed by atoms with E-state index in [4.69, 9.17) is 16.3 Å². The molecule has 2 rings (SSSR count). The van der Waals surface area contributed by atoms with Gasteiger partial charge < -0.3 is 9.64 Å². The summed E-state index contributed by atoms with van der Waals surface area (Å²) in [5.41, 5.74) is 1.79. The molecule has 4 heteroatoms. The van der Waals surface area contributed by atoms with Crippen molar-refractivity contribution in [1.82, 2.24) is 4.98 Å². The van der Waals surface area contributed by atoms with E-state index in [-0.39, 0.29) is 0 Å². The Hall–Kier alpha value is -0.960. The summed E-state index contributed by atoms with van der Waals surface area (Å²) in [6, 6.07) is 1.90.